The van der Waals surface area contributed by atoms with Crippen LogP contribution in [0.5, 0.6) is 5.75 Å². The summed E-state index contributed by atoms with van der Waals surface area (Å²) in [6.45, 7) is 3.05. The van der Waals surface area contributed by atoms with Crippen LogP contribution in [0.3, 0.4) is 0 Å². The van der Waals surface area contributed by atoms with Crippen molar-refractivity contribution >= 4 is 32.3 Å². The molecule has 7 nitrogen and oxygen atoms in total. The first kappa shape index (κ1) is 24.6. The van der Waals surface area contributed by atoms with E-state index in [1.165, 1.54) is 12.1 Å². The van der Waals surface area contributed by atoms with Gasteiger partial charge in [0.25, 0.3) is 5.91 Å². The van der Waals surface area contributed by atoms with Crippen LogP contribution in [0.4, 0.5) is 10.1 Å². The summed E-state index contributed by atoms with van der Waals surface area (Å²) in [6, 6.07) is 10.2. The molecule has 1 aliphatic carbocycles. The Bertz CT molecular complexity index is 1390. The fourth-order valence-electron chi connectivity index (χ4n) is 4.44. The number of benzene rings is 2. The number of rotatable bonds is 8. The second-order valence-electron chi connectivity index (χ2n) is 9.81. The Balaban J connectivity index is 1.24. The van der Waals surface area contributed by atoms with E-state index in [-0.39, 0.29) is 23.1 Å². The van der Waals surface area contributed by atoms with E-state index in [0.29, 0.717) is 43.3 Å². The monoisotopic (exact) mass is 511 g/mol. The summed E-state index contributed by atoms with van der Waals surface area (Å²) in [5, 5.41) is 7.17. The van der Waals surface area contributed by atoms with Crippen LogP contribution in [0.25, 0.3) is 10.9 Å². The van der Waals surface area contributed by atoms with Crippen LogP contribution in [0.15, 0.2) is 42.6 Å². The van der Waals surface area contributed by atoms with Gasteiger partial charge >= 0.3 is 0 Å². The van der Waals surface area contributed by atoms with Crippen LogP contribution in [0.2, 0.25) is 0 Å². The molecule has 1 saturated heterocycles. The van der Waals surface area contributed by atoms with Crippen molar-refractivity contribution in [3.8, 4) is 5.75 Å². The Hall–Kier alpha value is -3.04. The predicted molar refractivity (Wildman–Crippen MR) is 138 cm³/mol. The Morgan fingerprint density at radius 3 is 2.61 bits per heavy atom. The number of halogens is 1. The van der Waals surface area contributed by atoms with Gasteiger partial charge in [0, 0.05) is 35.9 Å². The van der Waals surface area contributed by atoms with E-state index in [1.54, 1.807) is 18.3 Å². The highest BCUT2D eigenvalue weighted by Gasteiger charge is 2.24. The number of fused-ring (bicyclic) bond motifs is 1. The van der Waals surface area contributed by atoms with E-state index in [1.807, 2.05) is 19.1 Å². The van der Waals surface area contributed by atoms with Gasteiger partial charge in [0.05, 0.1) is 29.2 Å². The number of pyridine rings is 1. The Kier molecular flexibility index (Phi) is 6.94. The fourth-order valence-corrected chi connectivity index (χ4v) is 5.93. The van der Waals surface area contributed by atoms with Crippen molar-refractivity contribution in [2.45, 2.75) is 45.2 Å². The highest BCUT2D eigenvalue weighted by molar-refractivity contribution is 7.91. The van der Waals surface area contributed by atoms with Gasteiger partial charge in [-0.3, -0.25) is 9.78 Å². The van der Waals surface area contributed by atoms with E-state index in [4.69, 9.17) is 4.74 Å². The summed E-state index contributed by atoms with van der Waals surface area (Å²) in [4.78, 5) is 17.4. The van der Waals surface area contributed by atoms with E-state index >= 15 is 0 Å². The van der Waals surface area contributed by atoms with E-state index in [0.717, 1.165) is 34.9 Å². The summed E-state index contributed by atoms with van der Waals surface area (Å²) in [6.07, 6.45) is 5.34. The lowest BCUT2D eigenvalue weighted by Crippen LogP contribution is -2.37. The second kappa shape index (κ2) is 10.1. The number of aromatic nitrogens is 1. The zero-order chi connectivity index (χ0) is 25.3. The van der Waals surface area contributed by atoms with Crippen LogP contribution in [0.1, 0.15) is 47.2 Å². The number of amides is 1. The van der Waals surface area contributed by atoms with Gasteiger partial charge < -0.3 is 15.4 Å². The lowest BCUT2D eigenvalue weighted by atomic mass is 10.1. The van der Waals surface area contributed by atoms with Crippen molar-refractivity contribution in [3.05, 3.63) is 65.1 Å². The summed E-state index contributed by atoms with van der Waals surface area (Å²) in [5.41, 5.74) is 3.08. The molecule has 190 valence electrons. The molecule has 2 fully saturated rings. The van der Waals surface area contributed by atoms with Crippen LogP contribution >= 0.6 is 0 Å². The van der Waals surface area contributed by atoms with Crippen LogP contribution in [0, 0.1) is 18.7 Å². The van der Waals surface area contributed by atoms with Gasteiger partial charge in [0.2, 0.25) is 0 Å². The second-order valence-corrected chi connectivity index (χ2v) is 12.1. The predicted octanol–water partition coefficient (Wildman–Crippen LogP) is 4.39. The van der Waals surface area contributed by atoms with Crippen LogP contribution in [-0.2, 0) is 16.4 Å². The zero-order valence-electron chi connectivity index (χ0n) is 20.2. The molecule has 0 spiro atoms. The van der Waals surface area contributed by atoms with E-state index in [2.05, 4.69) is 15.6 Å². The highest BCUT2D eigenvalue weighted by Crippen LogP contribution is 2.30. The fraction of sp³-hybridized carbons (Fsp3) is 0.407. The molecule has 36 heavy (non-hydrogen) atoms. The zero-order valence-corrected chi connectivity index (χ0v) is 21.0. The summed E-state index contributed by atoms with van der Waals surface area (Å²) < 4.78 is 43.4. The van der Waals surface area contributed by atoms with Crippen molar-refractivity contribution < 1.29 is 22.3 Å². The SMILES string of the molecule is Cc1c(NC(=O)c2ccc(OCC3CC3)cc2F)ccc2cc(CNC3CCS(=O)(=O)CC3)cnc12. The first-order valence-electron chi connectivity index (χ1n) is 12.3. The summed E-state index contributed by atoms with van der Waals surface area (Å²) in [7, 11) is -2.88. The minimum Gasteiger partial charge on any atom is -0.493 e. The molecular formula is C27H30FN3O4S. The lowest BCUT2D eigenvalue weighted by molar-refractivity contribution is 0.102. The molecule has 2 heterocycles. The molecule has 5 rings (SSSR count). The van der Waals surface area contributed by atoms with Crippen molar-refractivity contribution in [1.29, 1.82) is 0 Å². The quantitative estimate of drug-likeness (QED) is 0.466. The van der Waals surface area contributed by atoms with Gasteiger partial charge in [-0.25, -0.2) is 12.8 Å². The van der Waals surface area contributed by atoms with Crippen molar-refractivity contribution in [1.82, 2.24) is 10.3 Å². The molecule has 1 aliphatic heterocycles. The molecule has 9 heteroatoms. The molecule has 0 radical (unpaired) electrons. The number of sulfone groups is 1. The third kappa shape index (κ3) is 5.84. The third-order valence-electron chi connectivity index (χ3n) is 6.93. The number of carbonyl (C=O) groups is 1. The standard InChI is InChI=1S/C27H30FN3O4S/c1-17-25(31-27(32)23-6-5-22(13-24(23)28)35-16-18-2-3-18)7-4-20-12-19(15-30-26(17)20)14-29-21-8-10-36(33,34)11-9-21/h4-7,12-13,15,18,21,29H,2-3,8-11,14,16H2,1H3,(H,31,32). The number of hydrogen-bond donors (Lipinski definition) is 2. The van der Waals surface area contributed by atoms with Gasteiger partial charge in [-0.15, -0.1) is 0 Å². The van der Waals surface area contributed by atoms with Gasteiger partial charge in [0.1, 0.15) is 21.4 Å². The minimum absolute atomic E-state index is 0.0434. The number of anilines is 1. The third-order valence-corrected chi connectivity index (χ3v) is 8.64. The summed E-state index contributed by atoms with van der Waals surface area (Å²) >= 11 is 0. The molecule has 0 bridgehead atoms. The smallest absolute Gasteiger partial charge is 0.258 e. The molecule has 2 aliphatic rings. The average molecular weight is 512 g/mol. The van der Waals surface area contributed by atoms with Gasteiger partial charge in [0.15, 0.2) is 0 Å². The van der Waals surface area contributed by atoms with Crippen LogP contribution < -0.4 is 15.4 Å². The topological polar surface area (TPSA) is 97.4 Å². The first-order chi connectivity index (χ1) is 17.3. The molecule has 1 saturated carbocycles. The molecule has 2 N–H and O–H groups in total. The van der Waals surface area contributed by atoms with E-state index in [9.17, 15) is 17.6 Å². The van der Waals surface area contributed by atoms with Gasteiger partial charge in [-0.05, 0) is 73.9 Å². The summed E-state index contributed by atoms with van der Waals surface area (Å²) in [5.74, 6) is 0.309. The molecule has 0 atom stereocenters. The lowest BCUT2D eigenvalue weighted by Gasteiger charge is -2.23. The van der Waals surface area contributed by atoms with Crippen LogP contribution in [-0.4, -0.2) is 43.5 Å². The number of hydrogen-bond acceptors (Lipinski definition) is 6. The van der Waals surface area contributed by atoms with E-state index < -0.39 is 21.6 Å². The molecular weight excluding hydrogens is 481 g/mol. The molecule has 1 amide bonds. The molecule has 1 aromatic heterocycles. The number of carbonyl (C=O) groups excluding carboxylic acids is 1. The number of ether oxygens (including phenoxy) is 1. The average Bonchev–Trinajstić information content (AvgIpc) is 3.68. The van der Waals surface area contributed by atoms with Crippen molar-refractivity contribution in [2.24, 2.45) is 5.92 Å². The number of nitrogens with one attached hydrogen (secondary N) is 2. The molecule has 3 aromatic rings. The largest absolute Gasteiger partial charge is 0.493 e. The normalized spacial score (nSPS) is 17.7. The first-order valence-corrected chi connectivity index (χ1v) is 14.2. The minimum atomic E-state index is -2.88. The Morgan fingerprint density at radius 2 is 1.89 bits per heavy atom. The van der Waals surface area contributed by atoms with Crippen molar-refractivity contribution in [3.63, 3.8) is 0 Å². The Morgan fingerprint density at radius 1 is 1.11 bits per heavy atom. The maximum absolute atomic E-state index is 14.6. The molecule has 2 aromatic carbocycles. The van der Waals surface area contributed by atoms with Gasteiger partial charge in [-0.2, -0.15) is 0 Å². The Labute approximate surface area is 210 Å². The molecule has 0 unspecified atom stereocenters. The highest BCUT2D eigenvalue weighted by atomic mass is 32.2. The number of aryl methyl sites for hydroxylation is 1. The number of nitrogens with zero attached hydrogens (tertiary/aromatic N) is 1. The maximum Gasteiger partial charge on any atom is 0.258 e. The van der Waals surface area contributed by atoms with Crippen molar-refractivity contribution in [2.75, 3.05) is 23.4 Å². The van der Waals surface area contributed by atoms with Gasteiger partial charge in [-0.1, -0.05) is 6.07 Å². The maximum atomic E-state index is 14.6.